The molecule has 11 heavy (non-hydrogen) atoms. The van der Waals surface area contributed by atoms with Gasteiger partial charge in [0.25, 0.3) is 0 Å². The summed E-state index contributed by atoms with van der Waals surface area (Å²) in [6.07, 6.45) is 0. The SMILES string of the molecule is O=c1[nH]c(=O)n(Br)c(=O)[nH]1.[NaH]. The predicted octanol–water partition coefficient (Wildman–Crippen LogP) is -2.27. The van der Waals surface area contributed by atoms with Crippen molar-refractivity contribution in [3.8, 4) is 0 Å². The van der Waals surface area contributed by atoms with Gasteiger partial charge in [-0.1, -0.05) is 0 Å². The summed E-state index contributed by atoms with van der Waals surface area (Å²) in [7, 11) is 0. The summed E-state index contributed by atoms with van der Waals surface area (Å²) >= 11 is 2.60. The second-order valence-electron chi connectivity index (χ2n) is 1.47. The molecule has 1 aromatic heterocycles. The topological polar surface area (TPSA) is 87.7 Å². The Balaban J connectivity index is 0.000001000. The molecule has 0 aliphatic rings. The van der Waals surface area contributed by atoms with Gasteiger partial charge in [0.2, 0.25) is 0 Å². The molecule has 6 nitrogen and oxygen atoms in total. The summed E-state index contributed by atoms with van der Waals surface area (Å²) in [4.78, 5) is 35.0. The molecule has 0 aliphatic heterocycles. The van der Waals surface area contributed by atoms with Crippen molar-refractivity contribution in [1.82, 2.24) is 13.6 Å². The van der Waals surface area contributed by atoms with Gasteiger partial charge < -0.3 is 0 Å². The number of nitrogens with one attached hydrogen (secondary N) is 2. The number of hydrogen-bond donors (Lipinski definition) is 2. The third-order valence-corrected chi connectivity index (χ3v) is 1.44. The third-order valence-electron chi connectivity index (χ3n) is 0.798. The van der Waals surface area contributed by atoms with E-state index in [-0.39, 0.29) is 29.6 Å². The molecule has 0 fully saturated rings. The fourth-order valence-corrected chi connectivity index (χ4v) is 0.593. The first-order valence-corrected chi connectivity index (χ1v) is 2.94. The van der Waals surface area contributed by atoms with E-state index in [1.165, 1.54) is 0 Å². The summed E-state index contributed by atoms with van der Waals surface area (Å²) < 4.78 is 0.578. The van der Waals surface area contributed by atoms with Crippen molar-refractivity contribution in [2.75, 3.05) is 0 Å². The van der Waals surface area contributed by atoms with Crippen LogP contribution in [0.1, 0.15) is 0 Å². The first-order valence-electron chi connectivity index (χ1n) is 2.23. The normalized spacial score (nSPS) is 8.82. The van der Waals surface area contributed by atoms with Crippen molar-refractivity contribution >= 4 is 45.7 Å². The minimum absolute atomic E-state index is 0. The van der Waals surface area contributed by atoms with Crippen LogP contribution < -0.4 is 17.1 Å². The van der Waals surface area contributed by atoms with E-state index in [1.54, 1.807) is 0 Å². The van der Waals surface area contributed by atoms with E-state index < -0.39 is 17.1 Å². The Kier molecular flexibility index (Phi) is 4.01. The van der Waals surface area contributed by atoms with Gasteiger partial charge in [0.15, 0.2) is 0 Å². The zero-order valence-corrected chi connectivity index (χ0v) is 6.14. The van der Waals surface area contributed by atoms with Crippen LogP contribution in [0.5, 0.6) is 0 Å². The molecule has 2 N–H and O–H groups in total. The predicted molar refractivity (Wildman–Crippen MR) is 43.4 cm³/mol. The van der Waals surface area contributed by atoms with Gasteiger partial charge in [-0.2, -0.15) is 3.59 Å². The van der Waals surface area contributed by atoms with Crippen LogP contribution in [0.15, 0.2) is 14.4 Å². The van der Waals surface area contributed by atoms with Crippen LogP contribution >= 0.6 is 16.1 Å². The molecule has 1 aromatic rings. The van der Waals surface area contributed by atoms with Crippen molar-refractivity contribution in [2.45, 2.75) is 0 Å². The van der Waals surface area contributed by atoms with Crippen molar-refractivity contribution in [2.24, 2.45) is 0 Å². The van der Waals surface area contributed by atoms with E-state index >= 15 is 0 Å². The number of halogens is 1. The van der Waals surface area contributed by atoms with Crippen LogP contribution in [0.3, 0.4) is 0 Å². The van der Waals surface area contributed by atoms with Crippen molar-refractivity contribution in [1.29, 1.82) is 0 Å². The fourth-order valence-electron chi connectivity index (χ4n) is 0.416. The molecule has 0 unspecified atom stereocenters. The summed E-state index contributed by atoms with van der Waals surface area (Å²) in [5.74, 6) is 0. The molecule has 0 saturated heterocycles. The molecule has 0 spiro atoms. The molecule has 0 saturated carbocycles. The first kappa shape index (κ1) is 10.9. The van der Waals surface area contributed by atoms with Gasteiger partial charge in [0.1, 0.15) is 0 Å². The Morgan fingerprint density at radius 1 is 1.09 bits per heavy atom. The van der Waals surface area contributed by atoms with Gasteiger partial charge in [0, 0.05) is 0 Å². The molecule has 1 rings (SSSR count). The third kappa shape index (κ3) is 2.44. The number of H-pyrrole nitrogens is 2. The zero-order chi connectivity index (χ0) is 7.72. The molecule has 0 aromatic carbocycles. The Labute approximate surface area is 90.3 Å². The van der Waals surface area contributed by atoms with E-state index in [0.717, 1.165) is 0 Å². The van der Waals surface area contributed by atoms with E-state index in [2.05, 4.69) is 16.1 Å². The zero-order valence-electron chi connectivity index (χ0n) is 4.55. The number of hydrogen-bond acceptors (Lipinski definition) is 3. The maximum atomic E-state index is 10.5. The van der Waals surface area contributed by atoms with Crippen molar-refractivity contribution in [3.63, 3.8) is 0 Å². The second-order valence-corrected chi connectivity index (χ2v) is 2.18. The number of nitrogens with zero attached hydrogens (tertiary/aromatic N) is 1. The number of aromatic amines is 2. The standard InChI is InChI=1S/C3H2BrN3O3.Na.H/c4-7-2(9)5-1(8)6-3(7)10;;/h(H2,5,6,8,9,10);;. The van der Waals surface area contributed by atoms with Gasteiger partial charge in [-0.05, 0) is 0 Å². The van der Waals surface area contributed by atoms with Crippen LogP contribution in [0.2, 0.25) is 0 Å². The molecule has 1 heterocycles. The molecule has 8 heteroatoms. The summed E-state index contributed by atoms with van der Waals surface area (Å²) in [5, 5.41) is 0. The Morgan fingerprint density at radius 2 is 1.45 bits per heavy atom. The van der Waals surface area contributed by atoms with E-state index in [0.29, 0.717) is 3.59 Å². The number of rotatable bonds is 0. The molecule has 0 bridgehead atoms. The average molecular weight is 232 g/mol. The van der Waals surface area contributed by atoms with Gasteiger partial charge >= 0.3 is 46.6 Å². The molecule has 0 radical (unpaired) electrons. The van der Waals surface area contributed by atoms with Crippen molar-refractivity contribution < 1.29 is 0 Å². The fraction of sp³-hybridized carbons (Fsp3) is 0. The molecule has 0 atom stereocenters. The van der Waals surface area contributed by atoms with Crippen LogP contribution in [-0.4, -0.2) is 43.1 Å². The van der Waals surface area contributed by atoms with Crippen LogP contribution in [0.25, 0.3) is 0 Å². The average Bonchev–Trinajstić information content (AvgIpc) is 1.82. The Hall–Kier alpha value is -0.110. The summed E-state index contributed by atoms with van der Waals surface area (Å²) in [5.41, 5.74) is -2.41. The summed E-state index contributed by atoms with van der Waals surface area (Å²) in [6, 6.07) is 0. The van der Waals surface area contributed by atoms with Crippen LogP contribution in [0, 0.1) is 0 Å². The second kappa shape index (κ2) is 4.05. The van der Waals surface area contributed by atoms with Crippen LogP contribution in [0.4, 0.5) is 0 Å². The Bertz CT molecular complexity index is 369. The van der Waals surface area contributed by atoms with E-state index in [9.17, 15) is 14.4 Å². The van der Waals surface area contributed by atoms with Crippen molar-refractivity contribution in [3.05, 3.63) is 31.5 Å². The molecule has 56 valence electrons. The quantitative estimate of drug-likeness (QED) is 0.494. The van der Waals surface area contributed by atoms with Crippen LogP contribution in [-0.2, 0) is 0 Å². The first-order chi connectivity index (χ1) is 4.61. The minimum atomic E-state index is -0.814. The maximum absolute atomic E-state index is 10.5. The Morgan fingerprint density at radius 3 is 1.82 bits per heavy atom. The van der Waals surface area contributed by atoms with Gasteiger partial charge in [-0.3, -0.25) is 9.97 Å². The van der Waals surface area contributed by atoms with Gasteiger partial charge in [0.05, 0.1) is 16.1 Å². The number of aromatic nitrogens is 3. The molecule has 0 aliphatic carbocycles. The monoisotopic (exact) mass is 231 g/mol. The van der Waals surface area contributed by atoms with Gasteiger partial charge in [-0.15, -0.1) is 0 Å². The summed E-state index contributed by atoms with van der Waals surface area (Å²) in [6.45, 7) is 0. The molecule has 0 amide bonds. The molecular formula is C3H3BrN3NaO3. The van der Waals surface area contributed by atoms with E-state index in [1.807, 2.05) is 9.97 Å². The van der Waals surface area contributed by atoms with Gasteiger partial charge in [-0.25, -0.2) is 14.4 Å². The molecular weight excluding hydrogens is 229 g/mol. The van der Waals surface area contributed by atoms with E-state index in [4.69, 9.17) is 0 Å².